The molecular formula is C20H16ClN3OS2. The highest BCUT2D eigenvalue weighted by Gasteiger charge is 2.22. The lowest BCUT2D eigenvalue weighted by Gasteiger charge is -2.16. The maximum Gasteiger partial charge on any atom is 0.279 e. The molecule has 0 saturated heterocycles. The van der Waals surface area contributed by atoms with Crippen molar-refractivity contribution in [1.29, 1.82) is 0 Å². The molecular weight excluding hydrogens is 398 g/mol. The Labute approximate surface area is 170 Å². The standard InChI is InChI=1S/C20H16ClN3OS2/c1-3-24(20-23-15-10-14(21)8-9-17(15)27-20)19(25)16-11-26-18(22-16)13-6-4-12(2)5-7-13/h4-11H,3H2,1-2H3. The lowest BCUT2D eigenvalue weighted by molar-refractivity contribution is 0.0984. The van der Waals surface area contributed by atoms with Crippen LogP contribution in [0.4, 0.5) is 5.13 Å². The Hall–Kier alpha value is -2.28. The first kappa shape index (κ1) is 18.1. The van der Waals surface area contributed by atoms with Gasteiger partial charge in [0, 0.05) is 22.5 Å². The second-order valence-corrected chi connectivity index (χ2v) is 8.37. The van der Waals surface area contributed by atoms with Crippen LogP contribution in [-0.2, 0) is 0 Å². The van der Waals surface area contributed by atoms with Gasteiger partial charge in [0.15, 0.2) is 5.13 Å². The number of carbonyl (C=O) groups excluding carboxylic acids is 1. The van der Waals surface area contributed by atoms with Gasteiger partial charge in [0.1, 0.15) is 10.7 Å². The number of amides is 1. The molecule has 0 radical (unpaired) electrons. The van der Waals surface area contributed by atoms with Crippen LogP contribution < -0.4 is 4.90 Å². The average Bonchev–Trinajstić information content (AvgIpc) is 3.29. The molecule has 0 atom stereocenters. The van der Waals surface area contributed by atoms with E-state index in [1.165, 1.54) is 28.2 Å². The number of fused-ring (bicyclic) bond motifs is 1. The zero-order chi connectivity index (χ0) is 19.0. The summed E-state index contributed by atoms with van der Waals surface area (Å²) in [6, 6.07) is 13.7. The van der Waals surface area contributed by atoms with E-state index in [1.54, 1.807) is 4.90 Å². The molecule has 4 nitrogen and oxygen atoms in total. The summed E-state index contributed by atoms with van der Waals surface area (Å²) in [6.45, 7) is 4.50. The molecule has 4 rings (SSSR count). The van der Waals surface area contributed by atoms with Crippen LogP contribution in [0.2, 0.25) is 5.02 Å². The van der Waals surface area contributed by atoms with E-state index in [0.29, 0.717) is 22.4 Å². The van der Waals surface area contributed by atoms with Gasteiger partial charge in [0.05, 0.1) is 10.2 Å². The first-order chi connectivity index (χ1) is 13.0. The van der Waals surface area contributed by atoms with E-state index in [9.17, 15) is 4.79 Å². The summed E-state index contributed by atoms with van der Waals surface area (Å²) in [7, 11) is 0. The number of rotatable bonds is 4. The van der Waals surface area contributed by atoms with Gasteiger partial charge in [0.25, 0.3) is 5.91 Å². The molecule has 0 bridgehead atoms. The fourth-order valence-corrected chi connectivity index (χ4v) is 4.68. The van der Waals surface area contributed by atoms with Gasteiger partial charge in [-0.05, 0) is 32.0 Å². The van der Waals surface area contributed by atoms with Crippen molar-refractivity contribution in [3.05, 3.63) is 64.1 Å². The van der Waals surface area contributed by atoms with E-state index in [-0.39, 0.29) is 5.91 Å². The van der Waals surface area contributed by atoms with E-state index in [2.05, 4.69) is 9.97 Å². The normalized spacial score (nSPS) is 11.1. The minimum Gasteiger partial charge on any atom is -0.283 e. The van der Waals surface area contributed by atoms with Crippen molar-refractivity contribution in [3.63, 3.8) is 0 Å². The van der Waals surface area contributed by atoms with Gasteiger partial charge < -0.3 is 0 Å². The van der Waals surface area contributed by atoms with Crippen LogP contribution in [0.3, 0.4) is 0 Å². The predicted molar refractivity (Wildman–Crippen MR) is 114 cm³/mol. The third kappa shape index (κ3) is 3.60. The van der Waals surface area contributed by atoms with Crippen molar-refractivity contribution >= 4 is 55.5 Å². The van der Waals surface area contributed by atoms with Crippen LogP contribution in [0.25, 0.3) is 20.8 Å². The van der Waals surface area contributed by atoms with Crippen LogP contribution in [-0.4, -0.2) is 22.4 Å². The van der Waals surface area contributed by atoms with Crippen molar-refractivity contribution in [1.82, 2.24) is 9.97 Å². The zero-order valence-electron chi connectivity index (χ0n) is 14.8. The molecule has 2 aromatic heterocycles. The van der Waals surface area contributed by atoms with Crippen LogP contribution in [0, 0.1) is 6.92 Å². The van der Waals surface area contributed by atoms with Crippen molar-refractivity contribution in [2.24, 2.45) is 0 Å². The minimum atomic E-state index is -0.141. The van der Waals surface area contributed by atoms with Crippen LogP contribution in [0.15, 0.2) is 47.8 Å². The maximum absolute atomic E-state index is 13.0. The summed E-state index contributed by atoms with van der Waals surface area (Å²) in [5.41, 5.74) is 3.45. The number of anilines is 1. The van der Waals surface area contributed by atoms with E-state index in [0.717, 1.165) is 20.8 Å². The number of hydrogen-bond acceptors (Lipinski definition) is 5. The molecule has 27 heavy (non-hydrogen) atoms. The van der Waals surface area contributed by atoms with Crippen molar-refractivity contribution in [2.75, 3.05) is 11.4 Å². The highest BCUT2D eigenvalue weighted by atomic mass is 35.5. The molecule has 2 aromatic carbocycles. The molecule has 0 fully saturated rings. The number of nitrogens with zero attached hydrogens (tertiary/aromatic N) is 3. The summed E-state index contributed by atoms with van der Waals surface area (Å²) in [5, 5.41) is 3.94. The Balaban J connectivity index is 1.64. The van der Waals surface area contributed by atoms with Crippen molar-refractivity contribution in [2.45, 2.75) is 13.8 Å². The van der Waals surface area contributed by atoms with E-state index in [4.69, 9.17) is 11.6 Å². The van der Waals surface area contributed by atoms with Crippen molar-refractivity contribution in [3.8, 4) is 10.6 Å². The first-order valence-electron chi connectivity index (χ1n) is 8.45. The average molecular weight is 414 g/mol. The molecule has 136 valence electrons. The highest BCUT2D eigenvalue weighted by molar-refractivity contribution is 7.22. The molecule has 1 amide bonds. The van der Waals surface area contributed by atoms with Crippen LogP contribution in [0.1, 0.15) is 23.0 Å². The van der Waals surface area contributed by atoms with Crippen LogP contribution >= 0.6 is 34.3 Å². The van der Waals surface area contributed by atoms with Gasteiger partial charge in [0.2, 0.25) is 0 Å². The number of carbonyl (C=O) groups is 1. The summed E-state index contributed by atoms with van der Waals surface area (Å²) in [6.07, 6.45) is 0. The number of hydrogen-bond donors (Lipinski definition) is 0. The van der Waals surface area contributed by atoms with E-state index >= 15 is 0 Å². The van der Waals surface area contributed by atoms with Gasteiger partial charge in [-0.3, -0.25) is 9.69 Å². The Morgan fingerprint density at radius 1 is 1.15 bits per heavy atom. The molecule has 0 aliphatic rings. The fraction of sp³-hybridized carbons (Fsp3) is 0.150. The smallest absolute Gasteiger partial charge is 0.279 e. The second kappa shape index (κ2) is 7.38. The predicted octanol–water partition coefficient (Wildman–Crippen LogP) is 6.05. The molecule has 0 N–H and O–H groups in total. The van der Waals surface area contributed by atoms with Crippen LogP contribution in [0.5, 0.6) is 0 Å². The monoisotopic (exact) mass is 413 g/mol. The molecule has 2 heterocycles. The topological polar surface area (TPSA) is 46.1 Å². The Morgan fingerprint density at radius 2 is 1.93 bits per heavy atom. The minimum absolute atomic E-state index is 0.141. The van der Waals surface area contributed by atoms with E-state index < -0.39 is 0 Å². The Morgan fingerprint density at radius 3 is 2.67 bits per heavy atom. The summed E-state index contributed by atoms with van der Waals surface area (Å²) >= 11 is 9.00. The quantitative estimate of drug-likeness (QED) is 0.409. The summed E-state index contributed by atoms with van der Waals surface area (Å²) in [4.78, 5) is 23.8. The SMILES string of the molecule is CCN(C(=O)c1csc(-c2ccc(C)cc2)n1)c1nc2cc(Cl)ccc2s1. The lowest BCUT2D eigenvalue weighted by atomic mass is 10.2. The number of aromatic nitrogens is 2. The second-order valence-electron chi connectivity index (χ2n) is 6.06. The van der Waals surface area contributed by atoms with Gasteiger partial charge in [-0.15, -0.1) is 11.3 Å². The zero-order valence-corrected chi connectivity index (χ0v) is 17.2. The molecule has 4 aromatic rings. The molecule has 0 unspecified atom stereocenters. The third-order valence-corrected chi connectivity index (χ3v) is 6.34. The Kier molecular flexibility index (Phi) is 4.95. The molecule has 0 aliphatic carbocycles. The van der Waals surface area contributed by atoms with E-state index in [1.807, 2.05) is 61.7 Å². The molecule has 0 spiro atoms. The Bertz CT molecular complexity index is 1120. The summed E-state index contributed by atoms with van der Waals surface area (Å²) in [5.74, 6) is -0.141. The molecule has 0 saturated carbocycles. The third-order valence-electron chi connectivity index (χ3n) is 4.15. The molecule has 7 heteroatoms. The largest absolute Gasteiger partial charge is 0.283 e. The lowest BCUT2D eigenvalue weighted by Crippen LogP contribution is -2.30. The maximum atomic E-state index is 13.0. The molecule has 0 aliphatic heterocycles. The number of aryl methyl sites for hydroxylation is 1. The van der Waals surface area contributed by atoms with Gasteiger partial charge in [-0.1, -0.05) is 52.8 Å². The van der Waals surface area contributed by atoms with Gasteiger partial charge in [-0.25, -0.2) is 9.97 Å². The number of thiazole rings is 2. The van der Waals surface area contributed by atoms with Gasteiger partial charge >= 0.3 is 0 Å². The number of benzene rings is 2. The number of halogens is 1. The highest BCUT2D eigenvalue weighted by Crippen LogP contribution is 2.32. The summed E-state index contributed by atoms with van der Waals surface area (Å²) < 4.78 is 0.999. The van der Waals surface area contributed by atoms with Crippen molar-refractivity contribution < 1.29 is 4.79 Å². The van der Waals surface area contributed by atoms with Gasteiger partial charge in [-0.2, -0.15) is 0 Å². The first-order valence-corrected chi connectivity index (χ1v) is 10.5. The fourth-order valence-electron chi connectivity index (χ4n) is 2.71.